The van der Waals surface area contributed by atoms with Crippen molar-refractivity contribution >= 4 is 33.4 Å². The molecule has 1 aliphatic rings. The van der Waals surface area contributed by atoms with Crippen molar-refractivity contribution in [2.75, 3.05) is 6.54 Å². The first kappa shape index (κ1) is 13.8. The molecule has 0 unspecified atom stereocenters. The fourth-order valence-corrected chi connectivity index (χ4v) is 2.71. The average molecular weight is 334 g/mol. The number of rotatable bonds is 3. The minimum atomic E-state index is -0.428. The molecule has 0 aromatic heterocycles. The maximum absolute atomic E-state index is 11.8. The van der Waals surface area contributed by atoms with Crippen LogP contribution in [0.25, 0.3) is 0 Å². The average Bonchev–Trinajstić information content (AvgIpc) is 2.74. The van der Waals surface area contributed by atoms with Crippen LogP contribution in [-0.4, -0.2) is 29.7 Å². The Morgan fingerprint density at radius 1 is 1.61 bits per heavy atom. The van der Waals surface area contributed by atoms with E-state index in [-0.39, 0.29) is 11.9 Å². The smallest absolute Gasteiger partial charge is 0.237 e. The highest BCUT2D eigenvalue weighted by atomic mass is 79.9. The summed E-state index contributed by atoms with van der Waals surface area (Å²) in [4.78, 5) is 11.8. The van der Waals surface area contributed by atoms with Crippen LogP contribution in [0.2, 0.25) is 5.02 Å². The van der Waals surface area contributed by atoms with E-state index < -0.39 is 6.10 Å². The van der Waals surface area contributed by atoms with Crippen molar-refractivity contribution in [3.8, 4) is 0 Å². The number of aliphatic hydroxyl groups excluding tert-OH is 1. The summed E-state index contributed by atoms with van der Waals surface area (Å²) in [7, 11) is 0. The molecule has 1 aromatic rings. The van der Waals surface area contributed by atoms with Gasteiger partial charge in [-0.1, -0.05) is 33.6 Å². The third-order valence-electron chi connectivity index (χ3n) is 2.89. The Morgan fingerprint density at radius 3 is 3.00 bits per heavy atom. The van der Waals surface area contributed by atoms with Gasteiger partial charge in [0.05, 0.1) is 12.1 Å². The summed E-state index contributed by atoms with van der Waals surface area (Å²) in [6.45, 7) is 0.910. The fraction of sp³-hybridized carbons (Fsp3) is 0.417. The van der Waals surface area contributed by atoms with E-state index in [4.69, 9.17) is 11.6 Å². The number of carbonyl (C=O) groups is 1. The molecule has 1 aliphatic heterocycles. The molecule has 0 aliphatic carbocycles. The lowest BCUT2D eigenvalue weighted by molar-refractivity contribution is -0.123. The second kappa shape index (κ2) is 6.02. The largest absolute Gasteiger partial charge is 0.392 e. The van der Waals surface area contributed by atoms with Crippen LogP contribution in [0.4, 0.5) is 0 Å². The summed E-state index contributed by atoms with van der Waals surface area (Å²) in [6.07, 6.45) is 0.0381. The van der Waals surface area contributed by atoms with Crippen molar-refractivity contribution in [2.45, 2.75) is 25.1 Å². The number of nitrogens with one attached hydrogen (secondary N) is 2. The lowest BCUT2D eigenvalue weighted by atomic mass is 10.2. The molecular formula is C12H14BrClN2O2. The zero-order chi connectivity index (χ0) is 13.1. The van der Waals surface area contributed by atoms with Crippen LogP contribution >= 0.6 is 27.5 Å². The molecule has 2 atom stereocenters. The first-order valence-electron chi connectivity index (χ1n) is 5.69. The van der Waals surface area contributed by atoms with E-state index in [0.29, 0.717) is 24.5 Å². The van der Waals surface area contributed by atoms with Gasteiger partial charge < -0.3 is 15.7 Å². The number of halogens is 2. The minimum absolute atomic E-state index is 0.0894. The Morgan fingerprint density at radius 2 is 2.39 bits per heavy atom. The normalized spacial score (nSPS) is 23.1. The van der Waals surface area contributed by atoms with Crippen molar-refractivity contribution in [3.63, 3.8) is 0 Å². The van der Waals surface area contributed by atoms with Gasteiger partial charge in [0, 0.05) is 22.6 Å². The number of amides is 1. The monoisotopic (exact) mass is 332 g/mol. The van der Waals surface area contributed by atoms with Gasteiger partial charge in [0.15, 0.2) is 0 Å². The van der Waals surface area contributed by atoms with Gasteiger partial charge in [0.1, 0.15) is 0 Å². The van der Waals surface area contributed by atoms with Gasteiger partial charge in [-0.05, 0) is 24.1 Å². The van der Waals surface area contributed by atoms with Gasteiger partial charge in [-0.25, -0.2) is 0 Å². The molecular weight excluding hydrogens is 320 g/mol. The molecule has 4 nitrogen and oxygen atoms in total. The summed E-state index contributed by atoms with van der Waals surface area (Å²) < 4.78 is 0.870. The van der Waals surface area contributed by atoms with E-state index in [9.17, 15) is 9.90 Å². The minimum Gasteiger partial charge on any atom is -0.392 e. The molecule has 1 saturated heterocycles. The molecule has 1 fully saturated rings. The van der Waals surface area contributed by atoms with E-state index in [1.165, 1.54) is 0 Å². The second-order valence-corrected chi connectivity index (χ2v) is 5.59. The Balaban J connectivity index is 1.89. The van der Waals surface area contributed by atoms with Crippen molar-refractivity contribution in [3.05, 3.63) is 33.3 Å². The molecule has 0 saturated carbocycles. The van der Waals surface area contributed by atoms with E-state index in [0.717, 1.165) is 10.0 Å². The van der Waals surface area contributed by atoms with Gasteiger partial charge in [-0.3, -0.25) is 4.79 Å². The molecule has 1 amide bonds. The van der Waals surface area contributed by atoms with E-state index in [2.05, 4.69) is 26.6 Å². The van der Waals surface area contributed by atoms with Gasteiger partial charge >= 0.3 is 0 Å². The lowest BCUT2D eigenvalue weighted by Gasteiger charge is -2.12. The van der Waals surface area contributed by atoms with E-state index >= 15 is 0 Å². The highest BCUT2D eigenvalue weighted by Gasteiger charge is 2.27. The predicted octanol–water partition coefficient (Wildman–Crippen LogP) is 1.44. The molecule has 1 aromatic carbocycles. The second-order valence-electron chi connectivity index (χ2n) is 4.30. The topological polar surface area (TPSA) is 61.4 Å². The van der Waals surface area contributed by atoms with Crippen LogP contribution in [0, 0.1) is 0 Å². The van der Waals surface area contributed by atoms with E-state index in [1.54, 1.807) is 12.1 Å². The van der Waals surface area contributed by atoms with Gasteiger partial charge in [-0.15, -0.1) is 0 Å². The SMILES string of the molecule is O=C(NCc1ccc(Cl)cc1Br)[C@@H]1C[C@@H](O)CN1. The Kier molecular flexibility index (Phi) is 4.61. The Labute approximate surface area is 119 Å². The van der Waals surface area contributed by atoms with Crippen LogP contribution < -0.4 is 10.6 Å². The first-order chi connectivity index (χ1) is 8.56. The summed E-state index contributed by atoms with van der Waals surface area (Å²) in [6, 6.07) is 5.14. The molecule has 2 rings (SSSR count). The molecule has 6 heteroatoms. The summed E-state index contributed by atoms with van der Waals surface area (Å²) in [5.74, 6) is -0.0894. The highest BCUT2D eigenvalue weighted by molar-refractivity contribution is 9.10. The van der Waals surface area contributed by atoms with E-state index in [1.807, 2.05) is 6.07 Å². The van der Waals surface area contributed by atoms with Gasteiger partial charge in [-0.2, -0.15) is 0 Å². The summed E-state index contributed by atoms with van der Waals surface area (Å²) in [5.41, 5.74) is 0.964. The zero-order valence-electron chi connectivity index (χ0n) is 9.62. The van der Waals surface area contributed by atoms with Crippen LogP contribution in [0.15, 0.2) is 22.7 Å². The van der Waals surface area contributed by atoms with Crippen molar-refractivity contribution < 1.29 is 9.90 Å². The standard InChI is InChI=1S/C12H14BrClN2O2/c13-10-3-8(14)2-1-7(10)5-16-12(18)11-4-9(17)6-15-11/h1-3,9,11,15,17H,4-6H2,(H,16,18)/t9-,11+/m1/s1. The lowest BCUT2D eigenvalue weighted by Crippen LogP contribution is -2.40. The number of aliphatic hydroxyl groups is 1. The van der Waals surface area contributed by atoms with Gasteiger partial charge in [0.25, 0.3) is 0 Å². The van der Waals surface area contributed by atoms with Crippen LogP contribution in [0.3, 0.4) is 0 Å². The first-order valence-corrected chi connectivity index (χ1v) is 6.86. The molecule has 3 N–H and O–H groups in total. The molecule has 1 heterocycles. The fourth-order valence-electron chi connectivity index (χ4n) is 1.89. The van der Waals surface area contributed by atoms with Crippen LogP contribution in [0.5, 0.6) is 0 Å². The van der Waals surface area contributed by atoms with Gasteiger partial charge in [0.2, 0.25) is 5.91 Å². The molecule has 98 valence electrons. The molecule has 0 spiro atoms. The zero-order valence-corrected chi connectivity index (χ0v) is 12.0. The summed E-state index contributed by atoms with van der Waals surface area (Å²) >= 11 is 9.24. The number of benzene rings is 1. The van der Waals surface area contributed by atoms with Crippen molar-refractivity contribution in [1.82, 2.24) is 10.6 Å². The quantitative estimate of drug-likeness (QED) is 0.784. The summed E-state index contributed by atoms with van der Waals surface area (Å²) in [5, 5.41) is 15.8. The number of carbonyl (C=O) groups excluding carboxylic acids is 1. The third kappa shape index (κ3) is 3.45. The molecule has 0 radical (unpaired) electrons. The van der Waals surface area contributed by atoms with Crippen molar-refractivity contribution in [2.24, 2.45) is 0 Å². The maximum Gasteiger partial charge on any atom is 0.237 e. The van der Waals surface area contributed by atoms with Crippen LogP contribution in [0.1, 0.15) is 12.0 Å². The molecule has 0 bridgehead atoms. The Bertz CT molecular complexity index is 456. The molecule has 18 heavy (non-hydrogen) atoms. The number of β-amino-alcohol motifs (C(OH)–C–C–N with tert-alkyl or cyclic N) is 1. The highest BCUT2D eigenvalue weighted by Crippen LogP contribution is 2.21. The number of hydrogen-bond acceptors (Lipinski definition) is 3. The maximum atomic E-state index is 11.8. The number of hydrogen-bond donors (Lipinski definition) is 3. The third-order valence-corrected chi connectivity index (χ3v) is 3.87. The van der Waals surface area contributed by atoms with Crippen molar-refractivity contribution in [1.29, 1.82) is 0 Å². The van der Waals surface area contributed by atoms with Crippen LogP contribution in [-0.2, 0) is 11.3 Å². The predicted molar refractivity (Wildman–Crippen MR) is 73.4 cm³/mol. The Hall–Kier alpha value is -0.620.